The van der Waals surface area contributed by atoms with Crippen LogP contribution in [0.25, 0.3) is 0 Å². The number of piperidine rings is 1. The Bertz CT molecular complexity index is 244. The van der Waals surface area contributed by atoms with Gasteiger partial charge in [-0.05, 0) is 51.6 Å². The quantitative estimate of drug-likeness (QED) is 0.763. The largest absolute Gasteiger partial charge is 0.371 e. The summed E-state index contributed by atoms with van der Waals surface area (Å²) in [5.41, 5.74) is 0.364. The van der Waals surface area contributed by atoms with Crippen LogP contribution in [0.4, 0.5) is 0 Å². The van der Waals surface area contributed by atoms with E-state index in [2.05, 4.69) is 5.32 Å². The van der Waals surface area contributed by atoms with Crippen LogP contribution in [-0.2, 0) is 9.53 Å². The Morgan fingerprint density at radius 1 is 1.47 bits per heavy atom. The molecule has 0 bridgehead atoms. The zero-order valence-electron chi connectivity index (χ0n) is 9.71. The molecular formula is C12H21NO2. The van der Waals surface area contributed by atoms with Crippen LogP contribution in [-0.4, -0.2) is 31.6 Å². The number of hydrogen-bond donors (Lipinski definition) is 1. The average molecular weight is 211 g/mol. The van der Waals surface area contributed by atoms with Crippen molar-refractivity contribution in [3.05, 3.63) is 0 Å². The Hall–Kier alpha value is -0.410. The molecular weight excluding hydrogens is 190 g/mol. The van der Waals surface area contributed by atoms with E-state index in [9.17, 15) is 4.79 Å². The molecule has 2 rings (SSSR count). The van der Waals surface area contributed by atoms with Crippen molar-refractivity contribution in [1.82, 2.24) is 5.32 Å². The van der Waals surface area contributed by atoms with E-state index in [-0.39, 0.29) is 6.10 Å². The van der Waals surface area contributed by atoms with Crippen LogP contribution in [0.2, 0.25) is 0 Å². The van der Waals surface area contributed by atoms with Crippen molar-refractivity contribution in [3.63, 3.8) is 0 Å². The molecule has 0 amide bonds. The van der Waals surface area contributed by atoms with Gasteiger partial charge in [0.1, 0.15) is 6.61 Å². The lowest BCUT2D eigenvalue weighted by Crippen LogP contribution is -2.31. The topological polar surface area (TPSA) is 38.3 Å². The van der Waals surface area contributed by atoms with Crippen LogP contribution >= 0.6 is 0 Å². The van der Waals surface area contributed by atoms with Crippen molar-refractivity contribution in [3.8, 4) is 0 Å². The molecule has 1 saturated heterocycles. The summed E-state index contributed by atoms with van der Waals surface area (Å²) in [6.07, 6.45) is 3.61. The zero-order chi connectivity index (χ0) is 10.9. The predicted octanol–water partition coefficient (Wildman–Crippen LogP) is 1.37. The fraction of sp³-hybridized carbons (Fsp3) is 0.917. The summed E-state index contributed by atoms with van der Waals surface area (Å²) < 4.78 is 5.37. The molecule has 1 unspecified atom stereocenters. The molecule has 1 heterocycles. The lowest BCUT2D eigenvalue weighted by molar-refractivity contribution is -0.127. The number of rotatable bonds is 4. The van der Waals surface area contributed by atoms with Crippen LogP contribution in [0, 0.1) is 11.3 Å². The van der Waals surface area contributed by atoms with Gasteiger partial charge in [-0.2, -0.15) is 0 Å². The fourth-order valence-corrected chi connectivity index (χ4v) is 2.63. The molecule has 0 radical (unpaired) electrons. The number of ketones is 1. The highest BCUT2D eigenvalue weighted by atomic mass is 16.5. The van der Waals surface area contributed by atoms with E-state index in [1.165, 1.54) is 12.8 Å². The third-order valence-corrected chi connectivity index (χ3v) is 3.74. The van der Waals surface area contributed by atoms with E-state index in [4.69, 9.17) is 4.74 Å². The predicted molar refractivity (Wildman–Crippen MR) is 58.7 cm³/mol. The molecule has 2 fully saturated rings. The summed E-state index contributed by atoms with van der Waals surface area (Å²) in [5.74, 6) is 0.629. The Labute approximate surface area is 91.6 Å². The normalized spacial score (nSPS) is 28.3. The lowest BCUT2D eigenvalue weighted by atomic mass is 9.91. The molecule has 1 spiro atoms. The molecule has 2 aliphatic rings. The van der Waals surface area contributed by atoms with Gasteiger partial charge in [0.15, 0.2) is 5.78 Å². The van der Waals surface area contributed by atoms with Crippen molar-refractivity contribution in [2.45, 2.75) is 39.2 Å². The first-order valence-corrected chi connectivity index (χ1v) is 5.99. The first kappa shape index (κ1) is 11.1. The van der Waals surface area contributed by atoms with Crippen molar-refractivity contribution in [2.75, 3.05) is 19.7 Å². The third kappa shape index (κ3) is 2.40. The van der Waals surface area contributed by atoms with Gasteiger partial charge >= 0.3 is 0 Å². The standard InChI is InChI=1S/C12H21NO2/c1-9(2)15-8-11(14)10-7-12(10)3-5-13-6-4-12/h9-10,13H,3-8H2,1-2H3. The van der Waals surface area contributed by atoms with E-state index < -0.39 is 0 Å². The van der Waals surface area contributed by atoms with E-state index >= 15 is 0 Å². The fourth-order valence-electron chi connectivity index (χ4n) is 2.63. The van der Waals surface area contributed by atoms with E-state index in [1.54, 1.807) is 0 Å². The average Bonchev–Trinajstić information content (AvgIpc) is 2.90. The third-order valence-electron chi connectivity index (χ3n) is 3.74. The van der Waals surface area contributed by atoms with Gasteiger partial charge in [0, 0.05) is 5.92 Å². The molecule has 1 saturated carbocycles. The molecule has 15 heavy (non-hydrogen) atoms. The molecule has 1 aliphatic carbocycles. The SMILES string of the molecule is CC(C)OCC(=O)C1CC12CCNCC2. The minimum absolute atomic E-state index is 0.164. The lowest BCUT2D eigenvalue weighted by Gasteiger charge is -2.23. The van der Waals surface area contributed by atoms with E-state index in [1.807, 2.05) is 13.8 Å². The van der Waals surface area contributed by atoms with Gasteiger partial charge in [-0.25, -0.2) is 0 Å². The Balaban J connectivity index is 1.79. The molecule has 3 nitrogen and oxygen atoms in total. The van der Waals surface area contributed by atoms with E-state index in [0.29, 0.717) is 23.7 Å². The number of hydrogen-bond acceptors (Lipinski definition) is 3. The van der Waals surface area contributed by atoms with Gasteiger partial charge < -0.3 is 10.1 Å². The molecule has 0 aromatic rings. The van der Waals surface area contributed by atoms with Crippen molar-refractivity contribution < 1.29 is 9.53 Å². The van der Waals surface area contributed by atoms with Crippen molar-refractivity contribution >= 4 is 5.78 Å². The second-order valence-electron chi connectivity index (χ2n) is 5.20. The van der Waals surface area contributed by atoms with Crippen molar-refractivity contribution in [1.29, 1.82) is 0 Å². The van der Waals surface area contributed by atoms with Gasteiger partial charge in [-0.1, -0.05) is 0 Å². The second kappa shape index (κ2) is 4.22. The summed E-state index contributed by atoms with van der Waals surface area (Å²) in [4.78, 5) is 11.8. The second-order valence-corrected chi connectivity index (χ2v) is 5.20. The number of carbonyl (C=O) groups is 1. The van der Waals surface area contributed by atoms with Crippen LogP contribution in [0.3, 0.4) is 0 Å². The zero-order valence-corrected chi connectivity index (χ0v) is 9.71. The van der Waals surface area contributed by atoms with Gasteiger partial charge in [0.2, 0.25) is 0 Å². The smallest absolute Gasteiger partial charge is 0.162 e. The number of nitrogens with one attached hydrogen (secondary N) is 1. The Morgan fingerprint density at radius 3 is 2.73 bits per heavy atom. The molecule has 1 atom stereocenters. The monoisotopic (exact) mass is 211 g/mol. The molecule has 1 aliphatic heterocycles. The highest BCUT2D eigenvalue weighted by Crippen LogP contribution is 2.58. The minimum atomic E-state index is 0.164. The van der Waals surface area contributed by atoms with Gasteiger partial charge in [-0.15, -0.1) is 0 Å². The van der Waals surface area contributed by atoms with Crippen LogP contribution in [0.1, 0.15) is 33.1 Å². The number of ether oxygens (including phenoxy) is 1. The first-order valence-electron chi connectivity index (χ1n) is 5.99. The van der Waals surface area contributed by atoms with Gasteiger partial charge in [0.25, 0.3) is 0 Å². The number of Topliss-reactive ketones (excluding diaryl/α,β-unsaturated/α-hetero) is 1. The summed E-state index contributed by atoms with van der Waals surface area (Å²) in [6, 6.07) is 0. The molecule has 86 valence electrons. The minimum Gasteiger partial charge on any atom is -0.371 e. The molecule has 0 aromatic heterocycles. The van der Waals surface area contributed by atoms with Crippen LogP contribution < -0.4 is 5.32 Å². The maximum atomic E-state index is 11.8. The Kier molecular flexibility index (Phi) is 3.12. The summed E-state index contributed by atoms with van der Waals surface area (Å²) in [7, 11) is 0. The Morgan fingerprint density at radius 2 is 2.13 bits per heavy atom. The maximum absolute atomic E-state index is 11.8. The van der Waals surface area contributed by atoms with Crippen molar-refractivity contribution in [2.24, 2.45) is 11.3 Å². The highest BCUT2D eigenvalue weighted by Gasteiger charge is 2.57. The highest BCUT2D eigenvalue weighted by molar-refractivity contribution is 5.85. The molecule has 3 heteroatoms. The van der Waals surface area contributed by atoms with Gasteiger partial charge in [-0.3, -0.25) is 4.79 Å². The van der Waals surface area contributed by atoms with E-state index in [0.717, 1.165) is 19.5 Å². The number of carbonyl (C=O) groups excluding carboxylic acids is 1. The summed E-state index contributed by atoms with van der Waals surface area (Å²) in [5, 5.41) is 3.35. The first-order chi connectivity index (χ1) is 7.14. The maximum Gasteiger partial charge on any atom is 0.162 e. The summed E-state index contributed by atoms with van der Waals surface area (Å²) in [6.45, 7) is 6.42. The summed E-state index contributed by atoms with van der Waals surface area (Å²) >= 11 is 0. The van der Waals surface area contributed by atoms with Gasteiger partial charge in [0.05, 0.1) is 6.10 Å². The van der Waals surface area contributed by atoms with Crippen LogP contribution in [0.5, 0.6) is 0 Å². The van der Waals surface area contributed by atoms with Crippen LogP contribution in [0.15, 0.2) is 0 Å². The molecule has 1 N–H and O–H groups in total. The molecule has 0 aromatic carbocycles.